The Kier molecular flexibility index (Phi) is 6.60. The van der Waals surface area contributed by atoms with Crippen molar-refractivity contribution in [1.82, 2.24) is 0 Å². The SMILES string of the molecule is F[B-](F)(F)F.O=[N+]([O-])c1cccc([I+]c2ccccc2)c1. The molecule has 0 fully saturated rings. The Morgan fingerprint density at radius 1 is 0.905 bits per heavy atom. The van der Waals surface area contributed by atoms with E-state index >= 15 is 0 Å². The average molecular weight is 413 g/mol. The van der Waals surface area contributed by atoms with Crippen molar-refractivity contribution in [3.05, 3.63) is 71.9 Å². The largest absolute Gasteiger partial charge is 0.673 e. The molecule has 2 rings (SSSR count). The lowest BCUT2D eigenvalue weighted by Gasteiger charge is -1.94. The predicted molar refractivity (Wildman–Crippen MR) is 67.1 cm³/mol. The smallest absolute Gasteiger partial charge is 0.418 e. The van der Waals surface area contributed by atoms with Crippen molar-refractivity contribution < 1.29 is 43.4 Å². The van der Waals surface area contributed by atoms with E-state index in [4.69, 9.17) is 0 Å². The van der Waals surface area contributed by atoms with E-state index in [1.807, 2.05) is 24.3 Å². The van der Waals surface area contributed by atoms with Gasteiger partial charge in [0.05, 0.1) is 11.0 Å². The average Bonchev–Trinajstić information content (AvgIpc) is 2.38. The number of rotatable bonds is 3. The minimum atomic E-state index is -6.00. The van der Waals surface area contributed by atoms with Crippen LogP contribution in [0, 0.1) is 17.3 Å². The van der Waals surface area contributed by atoms with Gasteiger partial charge in [0.2, 0.25) is 3.57 Å². The second-order valence-electron chi connectivity index (χ2n) is 3.62. The van der Waals surface area contributed by atoms with Crippen LogP contribution in [0.25, 0.3) is 0 Å². The quantitative estimate of drug-likeness (QED) is 0.248. The molecule has 0 heterocycles. The van der Waals surface area contributed by atoms with Crippen LogP contribution in [0.1, 0.15) is 0 Å². The number of nitro benzene ring substituents is 1. The summed E-state index contributed by atoms with van der Waals surface area (Å²) in [5, 5.41) is 10.6. The summed E-state index contributed by atoms with van der Waals surface area (Å²) in [6, 6.07) is 17.0. The molecule has 21 heavy (non-hydrogen) atoms. The summed E-state index contributed by atoms with van der Waals surface area (Å²) in [7, 11) is -6.00. The Labute approximate surface area is 128 Å². The van der Waals surface area contributed by atoms with Crippen molar-refractivity contribution in [3.8, 4) is 0 Å². The summed E-state index contributed by atoms with van der Waals surface area (Å²) in [4.78, 5) is 10.3. The van der Waals surface area contributed by atoms with Crippen molar-refractivity contribution in [3.63, 3.8) is 0 Å². The molecule has 0 unspecified atom stereocenters. The molecule has 0 amide bonds. The molecule has 0 N–H and O–H groups in total. The monoisotopic (exact) mass is 413 g/mol. The van der Waals surface area contributed by atoms with Gasteiger partial charge >= 0.3 is 28.5 Å². The standard InChI is InChI=1S/C12H9INO2.BF4/c15-14(16)12-8-4-7-11(9-12)13-10-5-2-1-3-6-10;2-1(3,4)5/h1-9H;/q+1;-1. The first-order valence-electron chi connectivity index (χ1n) is 5.57. The van der Waals surface area contributed by atoms with E-state index < -0.39 is 7.25 Å². The zero-order valence-corrected chi connectivity index (χ0v) is 12.6. The summed E-state index contributed by atoms with van der Waals surface area (Å²) < 4.78 is 41.3. The second-order valence-corrected chi connectivity index (χ2v) is 6.65. The Balaban J connectivity index is 0.000000383. The maximum absolute atomic E-state index is 10.6. The first-order chi connectivity index (χ1) is 9.75. The van der Waals surface area contributed by atoms with E-state index in [2.05, 4.69) is 12.1 Å². The summed E-state index contributed by atoms with van der Waals surface area (Å²) in [5.74, 6) is 0. The Morgan fingerprint density at radius 3 is 1.95 bits per heavy atom. The fraction of sp³-hybridized carbons (Fsp3) is 0. The van der Waals surface area contributed by atoms with Crippen LogP contribution in [0.5, 0.6) is 0 Å². The lowest BCUT2D eigenvalue weighted by atomic mass is 10.3. The van der Waals surface area contributed by atoms with Gasteiger partial charge in [-0.2, -0.15) is 0 Å². The summed E-state index contributed by atoms with van der Waals surface area (Å²) in [6.45, 7) is 0. The molecular weight excluding hydrogens is 404 g/mol. The minimum Gasteiger partial charge on any atom is -0.418 e. The third-order valence-corrected chi connectivity index (χ3v) is 4.61. The van der Waals surface area contributed by atoms with E-state index in [0.29, 0.717) is 0 Å². The van der Waals surface area contributed by atoms with Crippen LogP contribution >= 0.6 is 0 Å². The Bertz CT molecular complexity index is 589. The highest BCUT2D eigenvalue weighted by atomic mass is 127. The molecule has 0 radical (unpaired) electrons. The molecule has 0 saturated carbocycles. The van der Waals surface area contributed by atoms with Crippen molar-refractivity contribution in [1.29, 1.82) is 0 Å². The molecule has 0 aromatic heterocycles. The molecule has 0 saturated heterocycles. The number of hydrogen-bond acceptors (Lipinski definition) is 2. The van der Waals surface area contributed by atoms with E-state index in [1.165, 1.54) is 9.64 Å². The highest BCUT2D eigenvalue weighted by molar-refractivity contribution is 6.50. The van der Waals surface area contributed by atoms with Crippen molar-refractivity contribution in [2.45, 2.75) is 0 Å². The van der Waals surface area contributed by atoms with Gasteiger partial charge in [-0.3, -0.25) is 10.1 Å². The van der Waals surface area contributed by atoms with Gasteiger partial charge in [0.15, 0.2) is 3.57 Å². The van der Waals surface area contributed by atoms with Crippen molar-refractivity contribution in [2.75, 3.05) is 0 Å². The zero-order valence-electron chi connectivity index (χ0n) is 10.4. The van der Waals surface area contributed by atoms with Gasteiger partial charge in [-0.25, -0.2) is 0 Å². The van der Waals surface area contributed by atoms with E-state index in [-0.39, 0.29) is 31.8 Å². The van der Waals surface area contributed by atoms with Crippen LogP contribution in [0.4, 0.5) is 23.0 Å². The molecule has 112 valence electrons. The predicted octanol–water partition coefficient (Wildman–Crippen LogP) is 1.02. The number of nitrogens with zero attached hydrogens (tertiary/aromatic N) is 1. The molecular formula is C12H9BF4INO2. The maximum atomic E-state index is 10.6. The van der Waals surface area contributed by atoms with Crippen LogP contribution in [0.2, 0.25) is 0 Å². The lowest BCUT2D eigenvalue weighted by Crippen LogP contribution is -3.61. The van der Waals surface area contributed by atoms with Crippen LogP contribution in [-0.2, 0) is 0 Å². The molecule has 3 nitrogen and oxygen atoms in total. The number of benzene rings is 2. The molecule has 0 spiro atoms. The summed E-state index contributed by atoms with van der Waals surface area (Å²) in [5.41, 5.74) is 0.174. The van der Waals surface area contributed by atoms with Crippen LogP contribution in [0.15, 0.2) is 54.6 Å². The molecule has 9 heteroatoms. The minimum absolute atomic E-state index is 0.174. The van der Waals surface area contributed by atoms with E-state index in [0.717, 1.165) is 3.57 Å². The lowest BCUT2D eigenvalue weighted by molar-refractivity contribution is -0.597. The summed E-state index contributed by atoms with van der Waals surface area (Å²) >= 11 is -0.318. The van der Waals surface area contributed by atoms with Crippen LogP contribution in [-0.4, -0.2) is 12.2 Å². The third kappa shape index (κ3) is 8.28. The summed E-state index contributed by atoms with van der Waals surface area (Å²) in [6.07, 6.45) is 0. The molecule has 0 aliphatic rings. The topological polar surface area (TPSA) is 43.1 Å². The third-order valence-electron chi connectivity index (χ3n) is 1.97. The highest BCUT2D eigenvalue weighted by Crippen LogP contribution is 2.07. The van der Waals surface area contributed by atoms with Gasteiger partial charge in [0.1, 0.15) is 0 Å². The first kappa shape index (κ1) is 17.4. The molecule has 0 bridgehead atoms. The second kappa shape index (κ2) is 7.96. The van der Waals surface area contributed by atoms with Gasteiger partial charge in [-0.1, -0.05) is 24.3 Å². The van der Waals surface area contributed by atoms with Gasteiger partial charge in [-0.05, 0) is 18.2 Å². The highest BCUT2D eigenvalue weighted by Gasteiger charge is 2.20. The van der Waals surface area contributed by atoms with Crippen LogP contribution in [0.3, 0.4) is 0 Å². The number of nitro groups is 1. The zero-order chi connectivity index (χ0) is 15.9. The molecule has 0 atom stereocenters. The number of halogens is 5. The first-order valence-corrected chi connectivity index (χ1v) is 7.73. The van der Waals surface area contributed by atoms with Gasteiger partial charge in [0, 0.05) is 6.07 Å². The van der Waals surface area contributed by atoms with E-state index in [9.17, 15) is 27.4 Å². The maximum Gasteiger partial charge on any atom is 0.673 e. The van der Waals surface area contributed by atoms with Gasteiger partial charge in [0.25, 0.3) is 5.69 Å². The number of hydrogen-bond donors (Lipinski definition) is 0. The fourth-order valence-electron chi connectivity index (χ4n) is 1.25. The molecule has 2 aromatic carbocycles. The van der Waals surface area contributed by atoms with Crippen molar-refractivity contribution >= 4 is 12.9 Å². The fourth-order valence-corrected chi connectivity index (χ4v) is 3.61. The molecule has 0 aliphatic carbocycles. The Hall–Kier alpha value is -1.65. The number of non-ortho nitro benzene ring substituents is 1. The van der Waals surface area contributed by atoms with Gasteiger partial charge < -0.3 is 17.3 Å². The van der Waals surface area contributed by atoms with Crippen LogP contribution < -0.4 is 21.2 Å². The van der Waals surface area contributed by atoms with E-state index in [1.54, 1.807) is 12.1 Å². The molecule has 2 aromatic rings. The Morgan fingerprint density at radius 2 is 1.43 bits per heavy atom. The van der Waals surface area contributed by atoms with Crippen molar-refractivity contribution in [2.24, 2.45) is 0 Å². The normalized spacial score (nSPS) is 10.5. The molecule has 0 aliphatic heterocycles. The van der Waals surface area contributed by atoms with Gasteiger partial charge in [-0.15, -0.1) is 0 Å².